The average molecular weight is 286 g/mol. The van der Waals surface area contributed by atoms with Crippen molar-refractivity contribution < 1.29 is 4.39 Å². The van der Waals surface area contributed by atoms with E-state index in [9.17, 15) is 4.39 Å². The van der Waals surface area contributed by atoms with Gasteiger partial charge in [-0.25, -0.2) is 4.39 Å². The van der Waals surface area contributed by atoms with Gasteiger partial charge < -0.3 is 5.32 Å². The Kier molecular flexibility index (Phi) is 5.82. The monoisotopic (exact) mass is 285 g/mol. The van der Waals surface area contributed by atoms with E-state index in [0.717, 1.165) is 6.42 Å². The summed E-state index contributed by atoms with van der Waals surface area (Å²) in [6.45, 7) is 8.97. The van der Waals surface area contributed by atoms with E-state index in [-0.39, 0.29) is 22.3 Å². The van der Waals surface area contributed by atoms with Gasteiger partial charge in [0.1, 0.15) is 5.82 Å². The highest BCUT2D eigenvalue weighted by Crippen LogP contribution is 2.30. The first-order valence-corrected chi connectivity index (χ1v) is 7.23. The zero-order valence-electron chi connectivity index (χ0n) is 12.6. The van der Waals surface area contributed by atoms with E-state index in [1.807, 2.05) is 13.1 Å². The molecule has 0 heterocycles. The van der Waals surface area contributed by atoms with E-state index in [0.29, 0.717) is 17.9 Å². The molecule has 3 heteroatoms. The minimum atomic E-state index is -0.284. The highest BCUT2D eigenvalue weighted by molar-refractivity contribution is 6.30. The van der Waals surface area contributed by atoms with Gasteiger partial charge in [0.25, 0.3) is 0 Å². The van der Waals surface area contributed by atoms with Gasteiger partial charge in [0.2, 0.25) is 0 Å². The largest absolute Gasteiger partial charge is 0.317 e. The molecule has 2 unspecified atom stereocenters. The summed E-state index contributed by atoms with van der Waals surface area (Å²) < 4.78 is 13.9. The Labute approximate surface area is 121 Å². The zero-order chi connectivity index (χ0) is 14.6. The number of benzene rings is 1. The van der Waals surface area contributed by atoms with E-state index in [4.69, 9.17) is 11.6 Å². The maximum atomic E-state index is 13.9. The first-order valence-electron chi connectivity index (χ1n) is 6.85. The standard InChI is InChI=1S/C16H25ClFN/c1-11(16(2,3)4)9-13(19-5)10-12-7-6-8-14(17)15(12)18/h6-8,11,13,19H,9-10H2,1-5H3. The van der Waals surface area contributed by atoms with Gasteiger partial charge in [0.05, 0.1) is 5.02 Å². The van der Waals surface area contributed by atoms with Crippen LogP contribution >= 0.6 is 11.6 Å². The van der Waals surface area contributed by atoms with Crippen LogP contribution in [0.4, 0.5) is 4.39 Å². The van der Waals surface area contributed by atoms with Crippen LogP contribution in [-0.2, 0) is 6.42 Å². The third-order valence-electron chi connectivity index (χ3n) is 4.02. The molecular weight excluding hydrogens is 261 g/mol. The van der Waals surface area contributed by atoms with Crippen molar-refractivity contribution in [3.63, 3.8) is 0 Å². The molecule has 0 aliphatic heterocycles. The van der Waals surface area contributed by atoms with Gasteiger partial charge in [-0.2, -0.15) is 0 Å². The number of likely N-dealkylation sites (N-methyl/N-ethyl adjacent to an activating group) is 1. The van der Waals surface area contributed by atoms with Crippen LogP contribution in [0.25, 0.3) is 0 Å². The van der Waals surface area contributed by atoms with Crippen LogP contribution in [0.15, 0.2) is 18.2 Å². The maximum absolute atomic E-state index is 13.9. The van der Waals surface area contributed by atoms with E-state index >= 15 is 0 Å². The van der Waals surface area contributed by atoms with Gasteiger partial charge in [-0.1, -0.05) is 51.4 Å². The van der Waals surface area contributed by atoms with Crippen LogP contribution in [0, 0.1) is 17.2 Å². The Hall–Kier alpha value is -0.600. The molecule has 0 radical (unpaired) electrons. The SMILES string of the molecule is CNC(Cc1cccc(Cl)c1F)CC(C)C(C)(C)C. The second-order valence-electron chi connectivity index (χ2n) is 6.41. The zero-order valence-corrected chi connectivity index (χ0v) is 13.3. The Morgan fingerprint density at radius 3 is 2.47 bits per heavy atom. The Morgan fingerprint density at radius 2 is 1.95 bits per heavy atom. The first-order chi connectivity index (χ1) is 8.75. The normalized spacial score (nSPS) is 15.3. The Balaban J connectivity index is 2.75. The fourth-order valence-corrected chi connectivity index (χ4v) is 2.25. The van der Waals surface area contributed by atoms with Gasteiger partial charge in [-0.15, -0.1) is 0 Å². The van der Waals surface area contributed by atoms with E-state index in [1.165, 1.54) is 0 Å². The minimum absolute atomic E-state index is 0.205. The van der Waals surface area contributed by atoms with E-state index in [2.05, 4.69) is 33.0 Å². The predicted molar refractivity (Wildman–Crippen MR) is 81.2 cm³/mol. The molecule has 1 aromatic carbocycles. The molecule has 0 aromatic heterocycles. The molecule has 0 aliphatic carbocycles. The molecule has 0 fully saturated rings. The van der Waals surface area contributed by atoms with Gasteiger partial charge in [-0.3, -0.25) is 0 Å². The summed E-state index contributed by atoms with van der Waals surface area (Å²) in [5, 5.41) is 3.50. The molecule has 1 nitrogen and oxygen atoms in total. The molecular formula is C16H25ClFN. The molecule has 19 heavy (non-hydrogen) atoms. The molecule has 2 atom stereocenters. The van der Waals surface area contributed by atoms with Gasteiger partial charge in [-0.05, 0) is 42.9 Å². The topological polar surface area (TPSA) is 12.0 Å². The maximum Gasteiger partial charge on any atom is 0.145 e. The van der Waals surface area contributed by atoms with Crippen molar-refractivity contribution in [3.05, 3.63) is 34.6 Å². The molecule has 1 aromatic rings. The lowest BCUT2D eigenvalue weighted by atomic mass is 9.78. The average Bonchev–Trinajstić information content (AvgIpc) is 2.32. The summed E-state index contributed by atoms with van der Waals surface area (Å²) in [4.78, 5) is 0. The Bertz CT molecular complexity index is 412. The lowest BCUT2D eigenvalue weighted by Gasteiger charge is -2.31. The number of halogens is 2. The fraction of sp³-hybridized carbons (Fsp3) is 0.625. The van der Waals surface area contributed by atoms with Crippen LogP contribution < -0.4 is 5.32 Å². The fourth-order valence-electron chi connectivity index (χ4n) is 2.06. The van der Waals surface area contributed by atoms with Crippen LogP contribution in [0.2, 0.25) is 5.02 Å². The van der Waals surface area contributed by atoms with Crippen molar-refractivity contribution in [1.82, 2.24) is 5.32 Å². The second-order valence-corrected chi connectivity index (χ2v) is 6.81. The highest BCUT2D eigenvalue weighted by atomic mass is 35.5. The summed E-state index contributed by atoms with van der Waals surface area (Å²) in [6, 6.07) is 5.47. The summed E-state index contributed by atoms with van der Waals surface area (Å²) in [7, 11) is 1.93. The van der Waals surface area contributed by atoms with Crippen LogP contribution in [0.1, 0.15) is 39.7 Å². The molecule has 0 spiro atoms. The number of nitrogens with one attached hydrogen (secondary N) is 1. The van der Waals surface area contributed by atoms with Crippen LogP contribution in [-0.4, -0.2) is 13.1 Å². The van der Waals surface area contributed by atoms with Gasteiger partial charge in [0, 0.05) is 6.04 Å². The third kappa shape index (κ3) is 4.77. The number of rotatable bonds is 5. The third-order valence-corrected chi connectivity index (χ3v) is 4.31. The van der Waals surface area contributed by atoms with Gasteiger partial charge in [0.15, 0.2) is 0 Å². The van der Waals surface area contributed by atoms with E-state index < -0.39 is 0 Å². The molecule has 0 aliphatic rings. The molecule has 1 N–H and O–H groups in total. The molecule has 0 saturated carbocycles. The highest BCUT2D eigenvalue weighted by Gasteiger charge is 2.23. The molecule has 0 amide bonds. The van der Waals surface area contributed by atoms with E-state index in [1.54, 1.807) is 12.1 Å². The molecule has 1 rings (SSSR count). The molecule has 0 bridgehead atoms. The number of hydrogen-bond acceptors (Lipinski definition) is 1. The molecule has 108 valence electrons. The van der Waals surface area contributed by atoms with Gasteiger partial charge >= 0.3 is 0 Å². The minimum Gasteiger partial charge on any atom is -0.317 e. The predicted octanol–water partition coefficient (Wildman–Crippen LogP) is 4.68. The lowest BCUT2D eigenvalue weighted by Crippen LogP contribution is -2.33. The van der Waals surface area contributed by atoms with Crippen molar-refractivity contribution in [2.24, 2.45) is 11.3 Å². The van der Waals surface area contributed by atoms with Crippen LogP contribution in [0.3, 0.4) is 0 Å². The summed E-state index contributed by atoms with van der Waals surface area (Å²) in [6.07, 6.45) is 1.69. The lowest BCUT2D eigenvalue weighted by molar-refractivity contribution is 0.224. The smallest absolute Gasteiger partial charge is 0.145 e. The van der Waals surface area contributed by atoms with Crippen molar-refractivity contribution in [3.8, 4) is 0 Å². The first kappa shape index (κ1) is 16.5. The summed E-state index contributed by atoms with van der Waals surface area (Å²) in [5.74, 6) is 0.278. The van der Waals surface area contributed by atoms with Crippen molar-refractivity contribution in [2.75, 3.05) is 7.05 Å². The molecule has 0 saturated heterocycles. The van der Waals surface area contributed by atoms with Crippen molar-refractivity contribution in [2.45, 2.75) is 46.6 Å². The van der Waals surface area contributed by atoms with Crippen molar-refractivity contribution >= 4 is 11.6 Å². The Morgan fingerprint density at radius 1 is 1.32 bits per heavy atom. The second kappa shape index (κ2) is 6.71. The van der Waals surface area contributed by atoms with Crippen LogP contribution in [0.5, 0.6) is 0 Å². The quantitative estimate of drug-likeness (QED) is 0.828. The summed E-state index contributed by atoms with van der Waals surface area (Å²) in [5.41, 5.74) is 0.954. The number of hydrogen-bond donors (Lipinski definition) is 1. The summed E-state index contributed by atoms with van der Waals surface area (Å²) >= 11 is 5.82. The van der Waals surface area contributed by atoms with Crippen molar-refractivity contribution in [1.29, 1.82) is 0 Å².